The molecule has 1 saturated heterocycles. The van der Waals surface area contributed by atoms with Crippen molar-refractivity contribution in [2.45, 2.75) is 45.3 Å². The second-order valence-corrected chi connectivity index (χ2v) is 4.36. The average Bonchev–Trinajstić information content (AvgIpc) is 2.88. The Hall–Kier alpha value is -1.43. The highest BCUT2D eigenvalue weighted by Crippen LogP contribution is 2.21. The molecule has 1 N–H and O–H groups in total. The third kappa shape index (κ3) is 2.82. The van der Waals surface area contributed by atoms with Crippen molar-refractivity contribution in [2.24, 2.45) is 0 Å². The van der Waals surface area contributed by atoms with Crippen LogP contribution in [0.5, 0.6) is 0 Å². The molecule has 17 heavy (non-hydrogen) atoms. The van der Waals surface area contributed by atoms with Crippen molar-refractivity contribution in [2.75, 3.05) is 6.54 Å². The molecule has 0 aliphatic carbocycles. The normalized spacial score (nSPS) is 20.9. The first-order valence-corrected chi connectivity index (χ1v) is 6.03. The molecule has 1 aliphatic heterocycles. The van der Waals surface area contributed by atoms with E-state index in [1.165, 1.54) is 0 Å². The van der Waals surface area contributed by atoms with Crippen molar-refractivity contribution in [1.29, 1.82) is 0 Å². The number of rotatable bonds is 5. The number of carboxylic acid groups (broad SMARTS) is 1. The van der Waals surface area contributed by atoms with Gasteiger partial charge in [0, 0.05) is 12.6 Å². The van der Waals surface area contributed by atoms with Gasteiger partial charge in [0.05, 0.1) is 13.0 Å². The average molecular weight is 238 g/mol. The van der Waals surface area contributed by atoms with Gasteiger partial charge in [0.1, 0.15) is 12.2 Å². The Morgan fingerprint density at radius 1 is 1.65 bits per heavy atom. The summed E-state index contributed by atoms with van der Waals surface area (Å²) >= 11 is 0. The third-order valence-corrected chi connectivity index (χ3v) is 3.25. The van der Waals surface area contributed by atoms with Crippen LogP contribution in [0, 0.1) is 0 Å². The molecule has 1 fully saturated rings. The van der Waals surface area contributed by atoms with Crippen molar-refractivity contribution in [3.05, 3.63) is 12.2 Å². The molecule has 0 bridgehead atoms. The van der Waals surface area contributed by atoms with E-state index < -0.39 is 5.97 Å². The minimum atomic E-state index is -0.723. The monoisotopic (exact) mass is 238 g/mol. The lowest BCUT2D eigenvalue weighted by molar-refractivity contribution is -0.138. The van der Waals surface area contributed by atoms with Gasteiger partial charge in [-0.25, -0.2) is 9.67 Å². The van der Waals surface area contributed by atoms with Crippen molar-refractivity contribution in [3.8, 4) is 0 Å². The molecule has 1 aromatic rings. The van der Waals surface area contributed by atoms with Crippen molar-refractivity contribution < 1.29 is 9.90 Å². The molecular formula is C11H18N4O2. The maximum atomic E-state index is 10.8. The summed E-state index contributed by atoms with van der Waals surface area (Å²) in [4.78, 5) is 17.2. The maximum Gasteiger partial charge on any atom is 0.304 e. The fraction of sp³-hybridized carbons (Fsp3) is 0.727. The Kier molecular flexibility index (Phi) is 3.73. The molecule has 1 aromatic heterocycles. The Labute approximate surface area is 100 Å². The highest BCUT2D eigenvalue weighted by Gasteiger charge is 2.27. The fourth-order valence-electron chi connectivity index (χ4n) is 2.39. The quantitative estimate of drug-likeness (QED) is 0.819. The van der Waals surface area contributed by atoms with Crippen LogP contribution in [-0.2, 0) is 17.9 Å². The number of hydrogen-bond donors (Lipinski definition) is 1. The first-order chi connectivity index (χ1) is 8.20. The first kappa shape index (κ1) is 12.0. The van der Waals surface area contributed by atoms with Crippen LogP contribution >= 0.6 is 0 Å². The van der Waals surface area contributed by atoms with Crippen LogP contribution in [-0.4, -0.2) is 43.3 Å². The summed E-state index contributed by atoms with van der Waals surface area (Å²) in [6.07, 6.45) is 3.81. The summed E-state index contributed by atoms with van der Waals surface area (Å²) in [5.41, 5.74) is 0. The molecule has 94 valence electrons. The second kappa shape index (κ2) is 5.27. The molecule has 0 spiro atoms. The minimum Gasteiger partial charge on any atom is -0.481 e. The highest BCUT2D eigenvalue weighted by molar-refractivity contribution is 5.67. The van der Waals surface area contributed by atoms with Gasteiger partial charge in [0.2, 0.25) is 0 Å². The third-order valence-electron chi connectivity index (χ3n) is 3.25. The lowest BCUT2D eigenvalue weighted by atomic mass is 10.1. The van der Waals surface area contributed by atoms with Crippen LogP contribution in [0.3, 0.4) is 0 Å². The molecule has 1 unspecified atom stereocenters. The van der Waals surface area contributed by atoms with Gasteiger partial charge in [-0.2, -0.15) is 5.10 Å². The van der Waals surface area contributed by atoms with E-state index in [0.29, 0.717) is 6.54 Å². The Balaban J connectivity index is 2.00. The fourth-order valence-corrected chi connectivity index (χ4v) is 2.39. The van der Waals surface area contributed by atoms with E-state index in [0.717, 1.165) is 31.8 Å². The molecular weight excluding hydrogens is 220 g/mol. The molecule has 0 aromatic carbocycles. The van der Waals surface area contributed by atoms with Crippen LogP contribution in [0.15, 0.2) is 6.33 Å². The molecule has 6 heteroatoms. The lowest BCUT2D eigenvalue weighted by Gasteiger charge is -2.22. The van der Waals surface area contributed by atoms with Gasteiger partial charge in [-0.3, -0.25) is 9.69 Å². The minimum absolute atomic E-state index is 0.148. The van der Waals surface area contributed by atoms with E-state index in [-0.39, 0.29) is 12.5 Å². The lowest BCUT2D eigenvalue weighted by Crippen LogP contribution is -2.32. The summed E-state index contributed by atoms with van der Waals surface area (Å²) in [5, 5.41) is 13.0. The van der Waals surface area contributed by atoms with E-state index in [1.54, 1.807) is 6.33 Å². The van der Waals surface area contributed by atoms with Gasteiger partial charge in [-0.1, -0.05) is 0 Å². The summed E-state index contributed by atoms with van der Waals surface area (Å²) < 4.78 is 1.86. The number of nitrogens with zero attached hydrogens (tertiary/aromatic N) is 4. The van der Waals surface area contributed by atoms with E-state index in [1.807, 2.05) is 11.6 Å². The zero-order chi connectivity index (χ0) is 12.3. The Morgan fingerprint density at radius 3 is 3.18 bits per heavy atom. The molecule has 0 amide bonds. The van der Waals surface area contributed by atoms with E-state index in [9.17, 15) is 4.79 Å². The largest absolute Gasteiger partial charge is 0.481 e. The number of hydrogen-bond acceptors (Lipinski definition) is 4. The molecule has 0 saturated carbocycles. The number of carboxylic acids is 1. The van der Waals surface area contributed by atoms with Gasteiger partial charge in [-0.15, -0.1) is 0 Å². The SMILES string of the molecule is CCn1ncnc1CN1CCCC1CC(=O)O. The maximum absolute atomic E-state index is 10.8. The van der Waals surface area contributed by atoms with Crippen LogP contribution in [0.1, 0.15) is 32.0 Å². The topological polar surface area (TPSA) is 71.2 Å². The van der Waals surface area contributed by atoms with Crippen LogP contribution in [0.4, 0.5) is 0 Å². The number of likely N-dealkylation sites (tertiary alicyclic amines) is 1. The van der Waals surface area contributed by atoms with Gasteiger partial charge >= 0.3 is 5.97 Å². The zero-order valence-electron chi connectivity index (χ0n) is 10.0. The summed E-state index contributed by atoms with van der Waals surface area (Å²) in [7, 11) is 0. The number of aliphatic carboxylic acids is 1. The Morgan fingerprint density at radius 2 is 2.47 bits per heavy atom. The van der Waals surface area contributed by atoms with Crippen molar-refractivity contribution in [1.82, 2.24) is 19.7 Å². The summed E-state index contributed by atoms with van der Waals surface area (Å²) in [5.74, 6) is 0.198. The highest BCUT2D eigenvalue weighted by atomic mass is 16.4. The zero-order valence-corrected chi connectivity index (χ0v) is 10.0. The van der Waals surface area contributed by atoms with Crippen LogP contribution in [0.2, 0.25) is 0 Å². The smallest absolute Gasteiger partial charge is 0.304 e. The summed E-state index contributed by atoms with van der Waals surface area (Å²) in [6.45, 7) is 4.48. The van der Waals surface area contributed by atoms with E-state index >= 15 is 0 Å². The molecule has 0 radical (unpaired) electrons. The summed E-state index contributed by atoms with van der Waals surface area (Å²) in [6, 6.07) is 0.148. The molecule has 2 rings (SSSR count). The van der Waals surface area contributed by atoms with Gasteiger partial charge < -0.3 is 5.11 Å². The second-order valence-electron chi connectivity index (χ2n) is 4.36. The molecule has 1 aliphatic rings. The van der Waals surface area contributed by atoms with Crippen molar-refractivity contribution >= 4 is 5.97 Å². The number of aryl methyl sites for hydroxylation is 1. The molecule has 2 heterocycles. The number of carbonyl (C=O) groups is 1. The van der Waals surface area contributed by atoms with Crippen LogP contribution < -0.4 is 0 Å². The molecule has 1 atom stereocenters. The van der Waals surface area contributed by atoms with Crippen LogP contribution in [0.25, 0.3) is 0 Å². The van der Waals surface area contributed by atoms with E-state index in [4.69, 9.17) is 5.11 Å². The number of aromatic nitrogens is 3. The predicted molar refractivity (Wildman–Crippen MR) is 61.4 cm³/mol. The molecule has 6 nitrogen and oxygen atoms in total. The standard InChI is InChI=1S/C11H18N4O2/c1-2-15-10(12-8-13-15)7-14-5-3-4-9(14)6-11(16)17/h8-9H,2-7H2,1H3,(H,16,17). The first-order valence-electron chi connectivity index (χ1n) is 6.03. The van der Waals surface area contributed by atoms with Crippen molar-refractivity contribution in [3.63, 3.8) is 0 Å². The van der Waals surface area contributed by atoms with E-state index in [2.05, 4.69) is 15.0 Å². The predicted octanol–water partition coefficient (Wildman–Crippen LogP) is 0.737. The Bertz CT molecular complexity index is 391. The van der Waals surface area contributed by atoms with Gasteiger partial charge in [0.15, 0.2) is 0 Å². The van der Waals surface area contributed by atoms with Gasteiger partial charge in [-0.05, 0) is 26.3 Å². The van der Waals surface area contributed by atoms with Gasteiger partial charge in [0.25, 0.3) is 0 Å².